The molecule has 0 radical (unpaired) electrons. The van der Waals surface area contributed by atoms with Gasteiger partial charge in [0.1, 0.15) is 6.10 Å². The molecule has 2 saturated heterocycles. The predicted octanol–water partition coefficient (Wildman–Crippen LogP) is 1.94. The highest BCUT2D eigenvalue weighted by molar-refractivity contribution is 5.93. The van der Waals surface area contributed by atoms with E-state index in [0.29, 0.717) is 12.8 Å². The summed E-state index contributed by atoms with van der Waals surface area (Å²) in [5, 5.41) is 0. The van der Waals surface area contributed by atoms with Crippen molar-refractivity contribution in [2.75, 3.05) is 7.11 Å². The van der Waals surface area contributed by atoms with Gasteiger partial charge in [-0.15, -0.1) is 0 Å². The molecular weight excluding hydrogens is 420 g/mol. The van der Waals surface area contributed by atoms with E-state index in [1.807, 2.05) is 6.92 Å². The van der Waals surface area contributed by atoms with Crippen LogP contribution in [-0.2, 0) is 42.9 Å². The van der Waals surface area contributed by atoms with Crippen LogP contribution in [0.5, 0.6) is 0 Å². The zero-order chi connectivity index (χ0) is 23.8. The molecule has 0 spiro atoms. The molecule has 0 N–H and O–H groups in total. The molecule has 32 heavy (non-hydrogen) atoms. The molecule has 3 rings (SSSR count). The number of carbonyl (C=O) groups is 4. The lowest BCUT2D eigenvalue weighted by molar-refractivity contribution is -0.173. The predicted molar refractivity (Wildman–Crippen MR) is 110 cm³/mol. The van der Waals surface area contributed by atoms with Gasteiger partial charge in [-0.1, -0.05) is 18.2 Å². The van der Waals surface area contributed by atoms with Gasteiger partial charge in [0.05, 0.1) is 24.7 Å². The Morgan fingerprint density at radius 3 is 2.47 bits per heavy atom. The van der Waals surface area contributed by atoms with Gasteiger partial charge in [0.15, 0.2) is 17.8 Å². The molecule has 2 heterocycles. The summed E-state index contributed by atoms with van der Waals surface area (Å²) in [6.07, 6.45) is 0.540. The summed E-state index contributed by atoms with van der Waals surface area (Å²) in [7, 11) is 1.20. The minimum atomic E-state index is -1.34. The molecule has 3 aliphatic rings. The fraction of sp³-hybridized carbons (Fsp3) is 0.565. The first kappa shape index (κ1) is 23.7. The third-order valence-electron chi connectivity index (χ3n) is 6.07. The van der Waals surface area contributed by atoms with Crippen LogP contribution in [0.1, 0.15) is 40.5 Å². The summed E-state index contributed by atoms with van der Waals surface area (Å²) < 4.78 is 27.1. The average Bonchev–Trinajstić information content (AvgIpc) is 3.25. The summed E-state index contributed by atoms with van der Waals surface area (Å²) in [6, 6.07) is 0. The number of epoxide rings is 1. The second-order valence-electron chi connectivity index (χ2n) is 8.39. The Morgan fingerprint density at radius 1 is 1.25 bits per heavy atom. The van der Waals surface area contributed by atoms with E-state index in [-0.39, 0.29) is 17.3 Å². The molecule has 6 atom stereocenters. The molecule has 0 aromatic heterocycles. The molecule has 0 bridgehead atoms. The third-order valence-corrected chi connectivity index (χ3v) is 6.07. The molecule has 0 unspecified atom stereocenters. The van der Waals surface area contributed by atoms with Crippen LogP contribution in [0.15, 0.2) is 35.5 Å². The van der Waals surface area contributed by atoms with Crippen LogP contribution in [0, 0.1) is 5.92 Å². The highest BCUT2D eigenvalue weighted by atomic mass is 16.7. The van der Waals surface area contributed by atoms with Gasteiger partial charge in [-0.2, -0.15) is 0 Å². The Kier molecular flexibility index (Phi) is 6.59. The summed E-state index contributed by atoms with van der Waals surface area (Å²) in [5.41, 5.74) is -0.216. The second kappa shape index (κ2) is 8.90. The first-order valence-electron chi connectivity index (χ1n) is 10.4. The average molecular weight is 448 g/mol. The van der Waals surface area contributed by atoms with Crippen molar-refractivity contribution in [3.05, 3.63) is 35.5 Å². The monoisotopic (exact) mass is 448 g/mol. The van der Waals surface area contributed by atoms with Gasteiger partial charge >= 0.3 is 23.9 Å². The number of esters is 4. The number of allylic oxidation sites excluding steroid dienone is 2. The SMILES string of the molecule is C=C1C(=O)O[C@@H]2/C=C(/C)CC/C=C(/C(=O)OC)[C@H](OC(C)=O)[C@H](OC(=O)[C@@]3(C)O[C@@H]3C)[C@@H]12. The maximum Gasteiger partial charge on any atom is 0.341 e. The third kappa shape index (κ3) is 4.48. The first-order chi connectivity index (χ1) is 15.0. The maximum absolute atomic E-state index is 13.0. The van der Waals surface area contributed by atoms with Crippen molar-refractivity contribution in [1.29, 1.82) is 0 Å². The number of fused-ring (bicyclic) bond motifs is 1. The summed E-state index contributed by atoms with van der Waals surface area (Å²) in [6.45, 7) is 10.2. The molecular formula is C23H28O9. The van der Waals surface area contributed by atoms with Gasteiger partial charge in [0, 0.05) is 12.5 Å². The fourth-order valence-electron chi connectivity index (χ4n) is 3.98. The quantitative estimate of drug-likeness (QED) is 0.209. The van der Waals surface area contributed by atoms with E-state index >= 15 is 0 Å². The Labute approximate surface area is 186 Å². The molecule has 2 aliphatic heterocycles. The van der Waals surface area contributed by atoms with E-state index in [9.17, 15) is 19.2 Å². The minimum Gasteiger partial charge on any atom is -0.466 e. The lowest BCUT2D eigenvalue weighted by atomic mass is 9.83. The largest absolute Gasteiger partial charge is 0.466 e. The number of rotatable bonds is 4. The Hall–Kier alpha value is -2.94. The van der Waals surface area contributed by atoms with Crippen molar-refractivity contribution in [2.45, 2.75) is 70.6 Å². The summed E-state index contributed by atoms with van der Waals surface area (Å²) >= 11 is 0. The second-order valence-corrected chi connectivity index (χ2v) is 8.39. The zero-order valence-electron chi connectivity index (χ0n) is 18.8. The highest BCUT2D eigenvalue weighted by Crippen LogP contribution is 2.41. The smallest absolute Gasteiger partial charge is 0.341 e. The van der Waals surface area contributed by atoms with Gasteiger partial charge in [-0.25, -0.2) is 14.4 Å². The van der Waals surface area contributed by atoms with Crippen molar-refractivity contribution < 1.29 is 42.9 Å². The van der Waals surface area contributed by atoms with E-state index in [4.69, 9.17) is 23.7 Å². The maximum atomic E-state index is 13.0. The Bertz CT molecular complexity index is 914. The highest BCUT2D eigenvalue weighted by Gasteiger charge is 2.59. The molecule has 0 saturated carbocycles. The first-order valence-corrected chi connectivity index (χ1v) is 10.4. The van der Waals surface area contributed by atoms with Gasteiger partial charge in [0.2, 0.25) is 0 Å². The van der Waals surface area contributed by atoms with Crippen LogP contribution >= 0.6 is 0 Å². The summed E-state index contributed by atoms with van der Waals surface area (Å²) in [4.78, 5) is 50.0. The lowest BCUT2D eigenvalue weighted by Crippen LogP contribution is -2.47. The molecule has 174 valence electrons. The van der Waals surface area contributed by atoms with Crippen LogP contribution in [0.25, 0.3) is 0 Å². The molecule has 0 aromatic rings. The molecule has 0 aromatic carbocycles. The fourth-order valence-corrected chi connectivity index (χ4v) is 3.98. The van der Waals surface area contributed by atoms with Crippen molar-refractivity contribution >= 4 is 23.9 Å². The molecule has 9 heteroatoms. The number of hydrogen-bond acceptors (Lipinski definition) is 9. The molecule has 2 fully saturated rings. The van der Waals surface area contributed by atoms with Crippen molar-refractivity contribution in [2.24, 2.45) is 5.92 Å². The van der Waals surface area contributed by atoms with E-state index in [0.717, 1.165) is 5.57 Å². The van der Waals surface area contributed by atoms with Crippen LogP contribution in [0.4, 0.5) is 0 Å². The molecule has 0 amide bonds. The van der Waals surface area contributed by atoms with E-state index in [1.54, 1.807) is 26.0 Å². The van der Waals surface area contributed by atoms with Gasteiger partial charge < -0.3 is 23.7 Å². The summed E-state index contributed by atoms with van der Waals surface area (Å²) in [5.74, 6) is -3.70. The van der Waals surface area contributed by atoms with Crippen LogP contribution in [0.2, 0.25) is 0 Å². The van der Waals surface area contributed by atoms with Crippen molar-refractivity contribution in [3.8, 4) is 0 Å². The van der Waals surface area contributed by atoms with Gasteiger partial charge in [-0.05, 0) is 39.7 Å². The Morgan fingerprint density at radius 2 is 1.91 bits per heavy atom. The van der Waals surface area contributed by atoms with Crippen molar-refractivity contribution in [1.82, 2.24) is 0 Å². The molecule has 9 nitrogen and oxygen atoms in total. The van der Waals surface area contributed by atoms with Gasteiger partial charge in [-0.3, -0.25) is 4.79 Å². The zero-order valence-corrected chi connectivity index (χ0v) is 18.8. The minimum absolute atomic E-state index is 0.0102. The molecule has 1 aliphatic carbocycles. The van der Waals surface area contributed by atoms with Gasteiger partial charge in [0.25, 0.3) is 0 Å². The number of hydrogen-bond donors (Lipinski definition) is 0. The number of carbonyl (C=O) groups excluding carboxylic acids is 4. The van der Waals surface area contributed by atoms with Crippen LogP contribution in [0.3, 0.4) is 0 Å². The standard InChI is InChI=1S/C23H28O9/c1-11-8-7-9-15(21(26)28-6)18(29-14(4)24)19(31-22(27)23(5)13(3)32-23)17-12(2)20(25)30-16(17)10-11/h9-10,13,16-19H,2,7-8H2,1,3-6H3/b11-10-,15-9+/t13-,16-,17+,18+,19-,23+/m1/s1. The van der Waals surface area contributed by atoms with Crippen LogP contribution in [-0.4, -0.2) is 61.0 Å². The van der Waals surface area contributed by atoms with E-state index in [1.165, 1.54) is 14.0 Å². The van der Waals surface area contributed by atoms with E-state index < -0.39 is 53.7 Å². The lowest BCUT2D eigenvalue weighted by Gasteiger charge is -2.33. The van der Waals surface area contributed by atoms with Crippen LogP contribution < -0.4 is 0 Å². The topological polar surface area (TPSA) is 118 Å². The number of ether oxygens (including phenoxy) is 5. The Balaban J connectivity index is 2.14. The number of methoxy groups -OCH3 is 1. The van der Waals surface area contributed by atoms with Crippen molar-refractivity contribution in [3.63, 3.8) is 0 Å². The van der Waals surface area contributed by atoms with E-state index in [2.05, 4.69) is 6.58 Å². The normalized spacial score (nSPS) is 37.6.